The van der Waals surface area contributed by atoms with E-state index in [9.17, 15) is 0 Å². The molecule has 0 saturated heterocycles. The Labute approximate surface area is 71.1 Å². The van der Waals surface area contributed by atoms with E-state index in [1.54, 1.807) is 6.20 Å². The summed E-state index contributed by atoms with van der Waals surface area (Å²) in [5.74, 6) is 0. The number of hydrogen-bond acceptors (Lipinski definition) is 2. The number of nitrogens with one attached hydrogen (secondary N) is 2. The molecule has 11 heavy (non-hydrogen) atoms. The van der Waals surface area contributed by atoms with Crippen molar-refractivity contribution in [2.75, 3.05) is 7.05 Å². The maximum Gasteiger partial charge on any atom is 0.0831 e. The number of halogens is 1. The van der Waals surface area contributed by atoms with Crippen LogP contribution in [0.2, 0.25) is 5.02 Å². The molecule has 62 valence electrons. The lowest BCUT2D eigenvalue weighted by atomic mass is 10.1. The SMILES string of the molecule is CCC(NC)c1[nH]ncc1Cl. The van der Waals surface area contributed by atoms with E-state index in [1.165, 1.54) is 0 Å². The molecule has 0 spiro atoms. The Morgan fingerprint density at radius 1 is 1.82 bits per heavy atom. The van der Waals surface area contributed by atoms with E-state index < -0.39 is 0 Å². The van der Waals surface area contributed by atoms with Crippen LogP contribution < -0.4 is 5.32 Å². The largest absolute Gasteiger partial charge is 0.312 e. The molecule has 1 aromatic heterocycles. The molecule has 0 saturated carbocycles. The smallest absolute Gasteiger partial charge is 0.0831 e. The molecule has 1 aromatic rings. The van der Waals surface area contributed by atoms with E-state index in [0.29, 0.717) is 5.02 Å². The molecular formula is C7H12ClN3. The first kappa shape index (κ1) is 8.56. The minimum Gasteiger partial charge on any atom is -0.312 e. The van der Waals surface area contributed by atoms with Crippen LogP contribution in [0.5, 0.6) is 0 Å². The van der Waals surface area contributed by atoms with Crippen LogP contribution >= 0.6 is 11.6 Å². The Morgan fingerprint density at radius 2 is 2.55 bits per heavy atom. The molecule has 0 fully saturated rings. The predicted molar refractivity (Wildman–Crippen MR) is 45.7 cm³/mol. The minimum absolute atomic E-state index is 0.282. The Balaban J connectivity index is 2.81. The van der Waals surface area contributed by atoms with Gasteiger partial charge in [-0.25, -0.2) is 0 Å². The van der Waals surface area contributed by atoms with Gasteiger partial charge in [0, 0.05) is 6.04 Å². The van der Waals surface area contributed by atoms with Gasteiger partial charge in [0.1, 0.15) is 0 Å². The van der Waals surface area contributed by atoms with Gasteiger partial charge in [-0.05, 0) is 13.5 Å². The van der Waals surface area contributed by atoms with Crippen molar-refractivity contribution in [3.05, 3.63) is 16.9 Å². The Morgan fingerprint density at radius 3 is 2.91 bits per heavy atom. The van der Waals surface area contributed by atoms with Gasteiger partial charge in [-0.15, -0.1) is 0 Å². The standard InChI is InChI=1S/C7H12ClN3/c1-3-6(9-2)7-5(8)4-10-11-7/h4,6,9H,3H2,1-2H3,(H,10,11). The first-order valence-electron chi connectivity index (χ1n) is 3.65. The highest BCUT2D eigenvalue weighted by molar-refractivity contribution is 6.31. The van der Waals surface area contributed by atoms with Crippen molar-refractivity contribution in [3.8, 4) is 0 Å². The van der Waals surface area contributed by atoms with E-state index in [4.69, 9.17) is 11.6 Å². The second-order valence-electron chi connectivity index (χ2n) is 2.38. The summed E-state index contributed by atoms with van der Waals surface area (Å²) in [6.07, 6.45) is 2.62. The van der Waals surface area contributed by atoms with E-state index in [0.717, 1.165) is 12.1 Å². The number of rotatable bonds is 3. The van der Waals surface area contributed by atoms with Crippen LogP contribution in [-0.2, 0) is 0 Å². The highest BCUT2D eigenvalue weighted by Gasteiger charge is 2.11. The molecule has 4 heteroatoms. The lowest BCUT2D eigenvalue weighted by molar-refractivity contribution is 0.560. The highest BCUT2D eigenvalue weighted by atomic mass is 35.5. The van der Waals surface area contributed by atoms with Crippen LogP contribution in [-0.4, -0.2) is 17.2 Å². The Hall–Kier alpha value is -0.540. The second-order valence-corrected chi connectivity index (χ2v) is 2.79. The lowest BCUT2D eigenvalue weighted by Gasteiger charge is -2.11. The van der Waals surface area contributed by atoms with Crippen molar-refractivity contribution in [1.29, 1.82) is 0 Å². The first-order valence-corrected chi connectivity index (χ1v) is 4.03. The van der Waals surface area contributed by atoms with Gasteiger partial charge in [0.05, 0.1) is 16.9 Å². The normalized spacial score (nSPS) is 13.4. The Bertz CT molecular complexity index is 217. The summed E-state index contributed by atoms with van der Waals surface area (Å²) in [7, 11) is 1.91. The molecule has 0 amide bonds. The summed E-state index contributed by atoms with van der Waals surface area (Å²) < 4.78 is 0. The molecule has 1 heterocycles. The molecule has 0 bridgehead atoms. The van der Waals surface area contributed by atoms with Gasteiger partial charge < -0.3 is 5.32 Å². The fourth-order valence-electron chi connectivity index (χ4n) is 1.08. The third-order valence-electron chi connectivity index (χ3n) is 1.73. The molecule has 0 aliphatic rings. The molecule has 1 rings (SSSR count). The second kappa shape index (κ2) is 3.74. The number of H-pyrrole nitrogens is 1. The van der Waals surface area contributed by atoms with Crippen molar-refractivity contribution in [1.82, 2.24) is 15.5 Å². The molecular weight excluding hydrogens is 162 g/mol. The quantitative estimate of drug-likeness (QED) is 0.731. The Kier molecular flexibility index (Phi) is 2.91. The number of aromatic nitrogens is 2. The average molecular weight is 174 g/mol. The van der Waals surface area contributed by atoms with Crippen LogP contribution in [0.4, 0.5) is 0 Å². The topological polar surface area (TPSA) is 40.7 Å². The van der Waals surface area contributed by atoms with Crippen LogP contribution in [0, 0.1) is 0 Å². The van der Waals surface area contributed by atoms with Gasteiger partial charge in [-0.1, -0.05) is 18.5 Å². The van der Waals surface area contributed by atoms with Crippen molar-refractivity contribution in [3.63, 3.8) is 0 Å². The van der Waals surface area contributed by atoms with Gasteiger partial charge in [-0.2, -0.15) is 5.10 Å². The lowest BCUT2D eigenvalue weighted by Crippen LogP contribution is -2.15. The third-order valence-corrected chi connectivity index (χ3v) is 2.03. The van der Waals surface area contributed by atoms with Crippen LogP contribution in [0.15, 0.2) is 6.20 Å². The number of nitrogens with zero attached hydrogens (tertiary/aromatic N) is 1. The maximum absolute atomic E-state index is 5.86. The predicted octanol–water partition coefficient (Wildman–Crippen LogP) is 1.73. The number of aromatic amines is 1. The first-order chi connectivity index (χ1) is 5.29. The molecule has 3 nitrogen and oxygen atoms in total. The fraction of sp³-hybridized carbons (Fsp3) is 0.571. The maximum atomic E-state index is 5.86. The molecule has 1 atom stereocenters. The zero-order chi connectivity index (χ0) is 8.27. The van der Waals surface area contributed by atoms with Crippen molar-refractivity contribution in [2.24, 2.45) is 0 Å². The summed E-state index contributed by atoms with van der Waals surface area (Å²) in [5.41, 5.74) is 0.969. The summed E-state index contributed by atoms with van der Waals surface area (Å²) in [4.78, 5) is 0. The summed E-state index contributed by atoms with van der Waals surface area (Å²) in [6.45, 7) is 2.10. The zero-order valence-corrected chi connectivity index (χ0v) is 7.44. The molecule has 0 aromatic carbocycles. The summed E-state index contributed by atoms with van der Waals surface area (Å²) >= 11 is 5.86. The van der Waals surface area contributed by atoms with Gasteiger partial charge >= 0.3 is 0 Å². The van der Waals surface area contributed by atoms with E-state index in [2.05, 4.69) is 22.4 Å². The minimum atomic E-state index is 0.282. The van der Waals surface area contributed by atoms with E-state index >= 15 is 0 Å². The third kappa shape index (κ3) is 1.73. The molecule has 0 aliphatic heterocycles. The van der Waals surface area contributed by atoms with Crippen molar-refractivity contribution >= 4 is 11.6 Å². The zero-order valence-electron chi connectivity index (χ0n) is 6.69. The van der Waals surface area contributed by atoms with Crippen LogP contribution in [0.25, 0.3) is 0 Å². The molecule has 0 aliphatic carbocycles. The van der Waals surface area contributed by atoms with Gasteiger partial charge in [0.25, 0.3) is 0 Å². The van der Waals surface area contributed by atoms with Crippen LogP contribution in [0.1, 0.15) is 25.1 Å². The molecule has 0 radical (unpaired) electrons. The van der Waals surface area contributed by atoms with Crippen molar-refractivity contribution < 1.29 is 0 Å². The average Bonchev–Trinajstić information content (AvgIpc) is 2.40. The molecule has 1 unspecified atom stereocenters. The van der Waals surface area contributed by atoms with Gasteiger partial charge in [-0.3, -0.25) is 5.10 Å². The monoisotopic (exact) mass is 173 g/mol. The van der Waals surface area contributed by atoms with E-state index in [1.807, 2.05) is 7.05 Å². The van der Waals surface area contributed by atoms with Gasteiger partial charge in [0.2, 0.25) is 0 Å². The van der Waals surface area contributed by atoms with Gasteiger partial charge in [0.15, 0.2) is 0 Å². The van der Waals surface area contributed by atoms with E-state index in [-0.39, 0.29) is 6.04 Å². The van der Waals surface area contributed by atoms with Crippen LogP contribution in [0.3, 0.4) is 0 Å². The number of hydrogen-bond donors (Lipinski definition) is 2. The highest BCUT2D eigenvalue weighted by Crippen LogP contribution is 2.21. The van der Waals surface area contributed by atoms with Crippen molar-refractivity contribution in [2.45, 2.75) is 19.4 Å². The fourth-order valence-corrected chi connectivity index (χ4v) is 1.30. The summed E-state index contributed by atoms with van der Waals surface area (Å²) in [5, 5.41) is 10.5. The summed E-state index contributed by atoms with van der Waals surface area (Å²) in [6, 6.07) is 0.282. The molecule has 2 N–H and O–H groups in total.